The first-order valence-corrected chi connectivity index (χ1v) is 9.65. The number of allylic oxidation sites excluding steroid dienone is 1. The fourth-order valence-corrected chi connectivity index (χ4v) is 3.82. The van der Waals surface area contributed by atoms with Crippen molar-refractivity contribution < 1.29 is 9.59 Å². The minimum atomic E-state index is -0.575. The van der Waals surface area contributed by atoms with Gasteiger partial charge in [-0.1, -0.05) is 60.1 Å². The molecule has 29 heavy (non-hydrogen) atoms. The molecule has 0 saturated carbocycles. The lowest BCUT2D eigenvalue weighted by atomic mass is 9.91. The van der Waals surface area contributed by atoms with E-state index >= 15 is 0 Å². The Labute approximate surface area is 173 Å². The first kappa shape index (κ1) is 19.0. The summed E-state index contributed by atoms with van der Waals surface area (Å²) >= 11 is 6.09. The van der Waals surface area contributed by atoms with Crippen molar-refractivity contribution in [1.82, 2.24) is 10.6 Å². The zero-order chi connectivity index (χ0) is 20.5. The fraction of sp³-hybridized carbons (Fsp3) is 0.130. The number of fused-ring (bicyclic) bond motifs is 1. The molecule has 0 radical (unpaired) electrons. The van der Waals surface area contributed by atoms with Gasteiger partial charge in [-0.15, -0.1) is 0 Å². The number of amides is 3. The number of hydrogen-bond acceptors (Lipinski definition) is 2. The Kier molecular flexibility index (Phi) is 4.99. The summed E-state index contributed by atoms with van der Waals surface area (Å²) in [5.74, 6) is -0.293. The summed E-state index contributed by atoms with van der Waals surface area (Å²) in [6.45, 7) is 3.63. The normalized spacial score (nSPS) is 16.4. The smallest absolute Gasteiger partial charge is 0.319 e. The molecule has 3 aromatic carbocycles. The van der Waals surface area contributed by atoms with Crippen molar-refractivity contribution in [3.05, 3.63) is 88.1 Å². The lowest BCUT2D eigenvalue weighted by Crippen LogP contribution is -2.46. The minimum Gasteiger partial charge on any atom is -0.327 e. The highest BCUT2D eigenvalue weighted by molar-refractivity contribution is 6.31. The van der Waals surface area contributed by atoms with Gasteiger partial charge in [-0.05, 0) is 47.9 Å². The first-order valence-electron chi connectivity index (χ1n) is 9.27. The van der Waals surface area contributed by atoms with E-state index in [-0.39, 0.29) is 11.9 Å². The number of urea groups is 1. The van der Waals surface area contributed by atoms with Crippen LogP contribution in [0.4, 0.5) is 10.5 Å². The zero-order valence-electron chi connectivity index (χ0n) is 16.0. The van der Waals surface area contributed by atoms with E-state index in [2.05, 4.69) is 16.0 Å². The monoisotopic (exact) mass is 405 g/mol. The van der Waals surface area contributed by atoms with Crippen molar-refractivity contribution in [2.45, 2.75) is 19.9 Å². The van der Waals surface area contributed by atoms with E-state index in [1.54, 1.807) is 19.1 Å². The number of halogens is 1. The molecule has 1 aliphatic rings. The summed E-state index contributed by atoms with van der Waals surface area (Å²) in [5, 5.41) is 11.1. The molecule has 0 aromatic heterocycles. The molecule has 0 spiro atoms. The minimum absolute atomic E-state index is 0.293. The van der Waals surface area contributed by atoms with Crippen LogP contribution in [-0.4, -0.2) is 11.9 Å². The van der Waals surface area contributed by atoms with Gasteiger partial charge in [-0.3, -0.25) is 4.79 Å². The van der Waals surface area contributed by atoms with Crippen LogP contribution in [0.1, 0.15) is 24.1 Å². The zero-order valence-corrected chi connectivity index (χ0v) is 16.8. The highest BCUT2D eigenvalue weighted by atomic mass is 35.5. The summed E-state index contributed by atoms with van der Waals surface area (Å²) < 4.78 is 0. The number of rotatable bonds is 3. The van der Waals surface area contributed by atoms with Gasteiger partial charge in [0, 0.05) is 16.4 Å². The van der Waals surface area contributed by atoms with Crippen LogP contribution in [0.25, 0.3) is 10.8 Å². The van der Waals surface area contributed by atoms with Crippen LogP contribution >= 0.6 is 11.6 Å². The third kappa shape index (κ3) is 3.69. The molecular formula is C23H20ClN3O2. The molecule has 1 aliphatic heterocycles. The number of benzene rings is 3. The molecule has 146 valence electrons. The van der Waals surface area contributed by atoms with Gasteiger partial charge in [0.05, 0.1) is 11.6 Å². The number of hydrogen-bond donors (Lipinski definition) is 3. The molecule has 0 fully saturated rings. The Morgan fingerprint density at radius 3 is 2.62 bits per heavy atom. The average molecular weight is 406 g/mol. The summed E-state index contributed by atoms with van der Waals surface area (Å²) in [7, 11) is 0. The molecule has 0 unspecified atom stereocenters. The summed E-state index contributed by atoms with van der Waals surface area (Å²) in [5.41, 5.74) is 3.38. The molecule has 5 nitrogen and oxygen atoms in total. The van der Waals surface area contributed by atoms with Crippen LogP contribution < -0.4 is 16.0 Å². The van der Waals surface area contributed by atoms with E-state index in [0.29, 0.717) is 22.0 Å². The Morgan fingerprint density at radius 2 is 1.79 bits per heavy atom. The van der Waals surface area contributed by atoms with Gasteiger partial charge in [-0.25, -0.2) is 4.79 Å². The third-order valence-corrected chi connectivity index (χ3v) is 5.33. The number of anilines is 1. The lowest BCUT2D eigenvalue weighted by molar-refractivity contribution is -0.113. The Hall–Kier alpha value is -3.31. The molecule has 3 N–H and O–H groups in total. The highest BCUT2D eigenvalue weighted by Gasteiger charge is 2.32. The molecule has 0 bridgehead atoms. The number of carbonyl (C=O) groups is 2. The predicted molar refractivity (Wildman–Crippen MR) is 116 cm³/mol. The maximum atomic E-state index is 13.3. The molecular weight excluding hydrogens is 386 g/mol. The SMILES string of the molecule is CC1=C(C(=O)Nc2cc(Cl)ccc2C)[C@@H](c2cccc3ccccc23)NC(=O)N1. The summed E-state index contributed by atoms with van der Waals surface area (Å²) in [6, 6.07) is 18.2. The van der Waals surface area contributed by atoms with Crippen molar-refractivity contribution in [2.75, 3.05) is 5.32 Å². The quantitative estimate of drug-likeness (QED) is 0.569. The number of nitrogens with one attached hydrogen (secondary N) is 3. The summed E-state index contributed by atoms with van der Waals surface area (Å²) in [4.78, 5) is 25.5. The van der Waals surface area contributed by atoms with Crippen molar-refractivity contribution in [1.29, 1.82) is 0 Å². The summed E-state index contributed by atoms with van der Waals surface area (Å²) in [6.07, 6.45) is 0. The molecule has 6 heteroatoms. The number of carbonyl (C=O) groups excluding carboxylic acids is 2. The van der Waals surface area contributed by atoms with Crippen LogP contribution in [0.3, 0.4) is 0 Å². The van der Waals surface area contributed by atoms with E-state index in [1.807, 2.05) is 55.5 Å². The van der Waals surface area contributed by atoms with Gasteiger partial charge < -0.3 is 16.0 Å². The Balaban J connectivity index is 1.78. The standard InChI is InChI=1S/C23H20ClN3O2/c1-13-10-11-16(24)12-19(13)26-22(28)20-14(2)25-23(29)27-21(20)18-9-5-7-15-6-3-4-8-17(15)18/h3-12,21H,1-2H3,(H,26,28)(H2,25,27,29)/t21-/m1/s1. The first-order chi connectivity index (χ1) is 13.9. The van der Waals surface area contributed by atoms with Gasteiger partial charge in [-0.2, -0.15) is 0 Å². The van der Waals surface area contributed by atoms with Crippen LogP contribution in [-0.2, 0) is 4.79 Å². The molecule has 1 atom stereocenters. The molecule has 3 amide bonds. The van der Waals surface area contributed by atoms with Gasteiger partial charge in [0.1, 0.15) is 0 Å². The van der Waals surface area contributed by atoms with Crippen LogP contribution in [0.5, 0.6) is 0 Å². The van der Waals surface area contributed by atoms with E-state index in [1.165, 1.54) is 0 Å². The van der Waals surface area contributed by atoms with Crippen LogP contribution in [0.2, 0.25) is 5.02 Å². The largest absolute Gasteiger partial charge is 0.327 e. The van der Waals surface area contributed by atoms with Gasteiger partial charge >= 0.3 is 6.03 Å². The molecule has 0 saturated heterocycles. The van der Waals surface area contributed by atoms with Crippen LogP contribution in [0, 0.1) is 6.92 Å². The molecule has 1 heterocycles. The van der Waals surface area contributed by atoms with Crippen LogP contribution in [0.15, 0.2) is 71.9 Å². The number of aryl methyl sites for hydroxylation is 1. The molecule has 0 aliphatic carbocycles. The van der Waals surface area contributed by atoms with E-state index < -0.39 is 6.04 Å². The van der Waals surface area contributed by atoms with E-state index in [0.717, 1.165) is 21.9 Å². The Bertz CT molecular complexity index is 1160. The molecule has 4 rings (SSSR count). The average Bonchev–Trinajstić information content (AvgIpc) is 2.69. The Morgan fingerprint density at radius 1 is 1.03 bits per heavy atom. The second kappa shape index (κ2) is 7.60. The van der Waals surface area contributed by atoms with Gasteiger partial charge in [0.2, 0.25) is 0 Å². The highest BCUT2D eigenvalue weighted by Crippen LogP contribution is 2.33. The maximum absolute atomic E-state index is 13.3. The maximum Gasteiger partial charge on any atom is 0.319 e. The second-order valence-corrected chi connectivity index (χ2v) is 7.49. The fourth-order valence-electron chi connectivity index (χ4n) is 3.65. The van der Waals surface area contributed by atoms with Crippen molar-refractivity contribution in [2.24, 2.45) is 0 Å². The topological polar surface area (TPSA) is 70.2 Å². The van der Waals surface area contributed by atoms with E-state index in [9.17, 15) is 9.59 Å². The van der Waals surface area contributed by atoms with E-state index in [4.69, 9.17) is 11.6 Å². The third-order valence-electron chi connectivity index (χ3n) is 5.10. The lowest BCUT2D eigenvalue weighted by Gasteiger charge is -2.29. The van der Waals surface area contributed by atoms with Crippen molar-refractivity contribution in [3.63, 3.8) is 0 Å². The molecule has 3 aromatic rings. The predicted octanol–water partition coefficient (Wildman–Crippen LogP) is 5.07. The van der Waals surface area contributed by atoms with Crippen molar-refractivity contribution in [3.8, 4) is 0 Å². The van der Waals surface area contributed by atoms with Gasteiger partial charge in [0.15, 0.2) is 0 Å². The van der Waals surface area contributed by atoms with Gasteiger partial charge in [0.25, 0.3) is 5.91 Å². The second-order valence-electron chi connectivity index (χ2n) is 7.05. The van der Waals surface area contributed by atoms with Crippen molar-refractivity contribution >= 4 is 40.0 Å².